The van der Waals surface area contributed by atoms with Crippen molar-refractivity contribution in [1.82, 2.24) is 34.5 Å². The summed E-state index contributed by atoms with van der Waals surface area (Å²) in [5, 5.41) is 18.0. The Morgan fingerprint density at radius 1 is 1.07 bits per heavy atom. The van der Waals surface area contributed by atoms with Crippen LogP contribution in [0.1, 0.15) is 46.9 Å². The van der Waals surface area contributed by atoms with E-state index in [4.69, 9.17) is 5.41 Å². The predicted octanol–water partition coefficient (Wildman–Crippen LogP) is 6.42. The van der Waals surface area contributed by atoms with Gasteiger partial charge in [-0.3, -0.25) is 4.79 Å². The highest BCUT2D eigenvalue weighted by molar-refractivity contribution is 6.04. The number of nitrogens with one attached hydrogen (secondary N) is 3. The van der Waals surface area contributed by atoms with Gasteiger partial charge in [-0.05, 0) is 61.9 Å². The maximum Gasteiger partial charge on any atom is 0.416 e. The van der Waals surface area contributed by atoms with Crippen molar-refractivity contribution in [1.29, 1.82) is 5.41 Å². The quantitative estimate of drug-likeness (QED) is 0.193. The number of rotatable bonds is 7. The number of anilines is 1. The van der Waals surface area contributed by atoms with Crippen molar-refractivity contribution in [2.24, 2.45) is 0 Å². The van der Waals surface area contributed by atoms with Gasteiger partial charge < -0.3 is 20.3 Å². The van der Waals surface area contributed by atoms with Crippen LogP contribution in [0, 0.1) is 19.3 Å². The molecule has 0 aliphatic rings. The average Bonchev–Trinajstić information content (AvgIpc) is 3.74. The zero-order chi connectivity index (χ0) is 30.4. The molecule has 3 aromatic heterocycles. The first-order valence-corrected chi connectivity index (χ1v) is 12.9. The Morgan fingerprint density at radius 3 is 2.55 bits per heavy atom. The summed E-state index contributed by atoms with van der Waals surface area (Å²) in [6, 6.07) is 8.21. The monoisotopic (exact) mass is 575 g/mol. The van der Waals surface area contributed by atoms with Gasteiger partial charge in [0.2, 0.25) is 0 Å². The molecule has 0 aliphatic heterocycles. The molecule has 3 heterocycles. The van der Waals surface area contributed by atoms with Gasteiger partial charge in [-0.1, -0.05) is 25.1 Å². The number of carbonyl (C=O) groups is 1. The Bertz CT molecular complexity index is 1740. The van der Waals surface area contributed by atoms with E-state index < -0.39 is 17.6 Å². The van der Waals surface area contributed by atoms with Crippen molar-refractivity contribution >= 4 is 23.9 Å². The second kappa shape index (κ2) is 12.5. The van der Waals surface area contributed by atoms with Crippen LogP contribution in [-0.4, -0.2) is 46.6 Å². The lowest BCUT2D eigenvalue weighted by atomic mass is 10.1. The lowest BCUT2D eigenvalue weighted by molar-refractivity contribution is -0.137. The van der Waals surface area contributed by atoms with Crippen LogP contribution in [0.15, 0.2) is 67.4 Å². The minimum Gasteiger partial charge on any atom is -0.337 e. The number of aromatic amines is 1. The number of aromatic nitrogens is 7. The molecule has 42 heavy (non-hydrogen) atoms. The fourth-order valence-electron chi connectivity index (χ4n) is 3.95. The van der Waals surface area contributed by atoms with Crippen molar-refractivity contribution in [2.75, 3.05) is 5.32 Å². The van der Waals surface area contributed by atoms with E-state index in [1.54, 1.807) is 49.8 Å². The number of hydrogen-bond donors (Lipinski definition) is 3. The fourth-order valence-corrected chi connectivity index (χ4v) is 3.95. The Kier molecular flexibility index (Phi) is 8.79. The number of halogens is 3. The molecule has 10 nitrogen and oxygen atoms in total. The van der Waals surface area contributed by atoms with Gasteiger partial charge in [0.25, 0.3) is 5.91 Å². The SMILES string of the molecule is CC.Cc1cn(-c2cc(NC(=O)c3ccc(C)c(-n4cc(-c5cnc(/C=C\C=N)[nH]5)nn4)c3)cc(C(F)(F)F)c2)cn1. The van der Waals surface area contributed by atoms with Crippen molar-refractivity contribution < 1.29 is 18.0 Å². The molecule has 0 aliphatic carbocycles. The summed E-state index contributed by atoms with van der Waals surface area (Å²) in [6.45, 7) is 7.56. The smallest absolute Gasteiger partial charge is 0.337 e. The van der Waals surface area contributed by atoms with E-state index in [2.05, 4.69) is 30.6 Å². The summed E-state index contributed by atoms with van der Waals surface area (Å²) in [6.07, 6.45) is 5.94. The van der Waals surface area contributed by atoms with Crippen LogP contribution in [-0.2, 0) is 6.18 Å². The second-order valence-corrected chi connectivity index (χ2v) is 8.90. The number of alkyl halides is 3. The van der Waals surface area contributed by atoms with Gasteiger partial charge >= 0.3 is 6.18 Å². The number of carbonyl (C=O) groups excluding carboxylic acids is 1. The van der Waals surface area contributed by atoms with Crippen molar-refractivity contribution in [3.8, 4) is 22.8 Å². The molecular formula is C29H28F3N9O. The third-order valence-electron chi connectivity index (χ3n) is 5.95. The number of H-pyrrole nitrogens is 1. The first kappa shape index (κ1) is 29.6. The maximum absolute atomic E-state index is 13.6. The van der Waals surface area contributed by atoms with Crippen molar-refractivity contribution in [3.63, 3.8) is 0 Å². The third-order valence-corrected chi connectivity index (χ3v) is 5.95. The Morgan fingerprint density at radius 2 is 1.86 bits per heavy atom. The number of imidazole rings is 2. The second-order valence-electron chi connectivity index (χ2n) is 8.90. The van der Waals surface area contributed by atoms with Gasteiger partial charge in [-0.2, -0.15) is 13.2 Å². The zero-order valence-corrected chi connectivity index (χ0v) is 23.2. The number of aryl methyl sites for hydroxylation is 2. The van der Waals surface area contributed by atoms with E-state index in [1.807, 2.05) is 20.8 Å². The molecule has 5 rings (SSSR count). The van der Waals surface area contributed by atoms with Gasteiger partial charge in [0.1, 0.15) is 11.5 Å². The van der Waals surface area contributed by atoms with Gasteiger partial charge in [0.15, 0.2) is 0 Å². The van der Waals surface area contributed by atoms with E-state index in [9.17, 15) is 18.0 Å². The molecule has 0 radical (unpaired) electrons. The van der Waals surface area contributed by atoms with Gasteiger partial charge in [-0.25, -0.2) is 14.6 Å². The summed E-state index contributed by atoms with van der Waals surface area (Å²) < 4.78 is 43.8. The maximum atomic E-state index is 13.6. The average molecular weight is 576 g/mol. The van der Waals surface area contributed by atoms with E-state index in [1.165, 1.54) is 27.7 Å². The van der Waals surface area contributed by atoms with Gasteiger partial charge in [0.05, 0.1) is 41.4 Å². The van der Waals surface area contributed by atoms with E-state index >= 15 is 0 Å². The molecule has 0 saturated carbocycles. The Labute approximate surface area is 239 Å². The number of hydrogen-bond acceptors (Lipinski definition) is 6. The summed E-state index contributed by atoms with van der Waals surface area (Å²) in [5.74, 6) is -0.0475. The largest absolute Gasteiger partial charge is 0.416 e. The molecule has 2 aromatic carbocycles. The fraction of sp³-hybridized carbons (Fsp3) is 0.172. The number of amides is 1. The van der Waals surface area contributed by atoms with Gasteiger partial charge in [-0.15, -0.1) is 5.10 Å². The highest BCUT2D eigenvalue weighted by Gasteiger charge is 2.31. The molecular weight excluding hydrogens is 547 g/mol. The minimum atomic E-state index is -4.61. The third kappa shape index (κ3) is 6.69. The highest BCUT2D eigenvalue weighted by atomic mass is 19.4. The Hall–Kier alpha value is -5.33. The predicted molar refractivity (Wildman–Crippen MR) is 154 cm³/mol. The number of allylic oxidation sites excluding steroid dienone is 1. The van der Waals surface area contributed by atoms with E-state index in [0.717, 1.165) is 23.9 Å². The molecule has 0 saturated heterocycles. The molecule has 5 aromatic rings. The van der Waals surface area contributed by atoms with Crippen molar-refractivity contribution in [2.45, 2.75) is 33.9 Å². The topological polar surface area (TPSA) is 130 Å². The van der Waals surface area contributed by atoms with Crippen LogP contribution in [0.25, 0.3) is 28.8 Å². The zero-order valence-electron chi connectivity index (χ0n) is 23.2. The molecule has 0 unspecified atom stereocenters. The van der Waals surface area contributed by atoms with E-state index in [0.29, 0.717) is 28.6 Å². The van der Waals surface area contributed by atoms with Crippen LogP contribution in [0.4, 0.5) is 18.9 Å². The minimum absolute atomic E-state index is 0.0153. The molecule has 3 N–H and O–H groups in total. The molecule has 0 bridgehead atoms. The molecule has 0 spiro atoms. The molecule has 13 heteroatoms. The molecule has 0 atom stereocenters. The summed E-state index contributed by atoms with van der Waals surface area (Å²) in [4.78, 5) is 24.5. The van der Waals surface area contributed by atoms with Crippen LogP contribution in [0.5, 0.6) is 0 Å². The first-order chi connectivity index (χ1) is 20.1. The van der Waals surface area contributed by atoms with Crippen LogP contribution in [0.2, 0.25) is 0 Å². The summed E-state index contributed by atoms with van der Waals surface area (Å²) in [5.41, 5.74) is 2.62. The summed E-state index contributed by atoms with van der Waals surface area (Å²) in [7, 11) is 0. The van der Waals surface area contributed by atoms with Crippen LogP contribution < -0.4 is 5.32 Å². The lowest BCUT2D eigenvalue weighted by Crippen LogP contribution is -2.15. The van der Waals surface area contributed by atoms with E-state index in [-0.39, 0.29) is 16.9 Å². The Balaban J connectivity index is 0.00000198. The lowest BCUT2D eigenvalue weighted by Gasteiger charge is -2.14. The summed E-state index contributed by atoms with van der Waals surface area (Å²) >= 11 is 0. The van der Waals surface area contributed by atoms with Gasteiger partial charge in [0, 0.05) is 29.3 Å². The van der Waals surface area contributed by atoms with Crippen molar-refractivity contribution in [3.05, 3.63) is 95.6 Å². The van der Waals surface area contributed by atoms with Crippen LogP contribution in [0.3, 0.4) is 0 Å². The standard InChI is InChI=1S/C27H22F3N9O.C2H6/c1-16-5-6-18(8-24(16)39-14-23(36-37-39)22-12-32-25(35-22)4-3-7-31)26(40)34-20-9-19(27(28,29)30)10-21(11-20)38-13-17(2)33-15-38;1-2/h3-15,31H,1-2H3,(H,32,35)(H,34,40);1-2H3/b4-3-,31-7?;. The highest BCUT2D eigenvalue weighted by Crippen LogP contribution is 2.33. The molecule has 1 amide bonds. The molecule has 216 valence electrons. The normalized spacial score (nSPS) is 11.3. The van der Waals surface area contributed by atoms with Crippen LogP contribution >= 0.6 is 0 Å². The first-order valence-electron chi connectivity index (χ1n) is 12.9. The number of nitrogens with zero attached hydrogens (tertiary/aromatic N) is 6. The number of benzene rings is 2. The molecule has 0 fully saturated rings.